The molecule has 0 aromatic heterocycles. The van der Waals surface area contributed by atoms with Gasteiger partial charge in [-0.25, -0.2) is 0 Å². The van der Waals surface area contributed by atoms with Crippen molar-refractivity contribution in [3.05, 3.63) is 12.2 Å². The van der Waals surface area contributed by atoms with Gasteiger partial charge in [-0.1, -0.05) is 46.8 Å². The summed E-state index contributed by atoms with van der Waals surface area (Å²) in [6.07, 6.45) is 13.6. The maximum absolute atomic E-state index is 13.3. The minimum Gasteiger partial charge on any atom is -0.361 e. The topological polar surface area (TPSA) is 48.1 Å². The normalized spacial score (nSPS) is 55.5. The summed E-state index contributed by atoms with van der Waals surface area (Å²) in [5.41, 5.74) is 2.06. The van der Waals surface area contributed by atoms with Gasteiger partial charge in [0.2, 0.25) is 0 Å². The molecule has 2 aliphatic heterocycles. The second-order valence-corrected chi connectivity index (χ2v) is 16.6. The van der Waals surface area contributed by atoms with Crippen molar-refractivity contribution < 1.29 is 19.0 Å². The third-order valence-electron chi connectivity index (χ3n) is 15.0. The van der Waals surface area contributed by atoms with Crippen LogP contribution in [0.4, 0.5) is 0 Å². The number of fused-ring (bicyclic) bond motifs is 9. The largest absolute Gasteiger partial charge is 0.361 e. The minimum atomic E-state index is -0.276. The Labute approximate surface area is 237 Å². The molecule has 7 rings (SSSR count). The summed E-state index contributed by atoms with van der Waals surface area (Å²) in [4.78, 5) is 13.3. The number of epoxide rings is 1. The fourth-order valence-corrected chi connectivity index (χ4v) is 12.8. The number of hydrogen-bond donors (Lipinski definition) is 0. The van der Waals surface area contributed by atoms with Crippen LogP contribution in [0.3, 0.4) is 0 Å². The van der Waals surface area contributed by atoms with Crippen molar-refractivity contribution in [2.45, 2.75) is 131 Å². The van der Waals surface area contributed by atoms with Crippen LogP contribution in [-0.2, 0) is 19.0 Å². The third kappa shape index (κ3) is 3.43. The van der Waals surface area contributed by atoms with Crippen molar-refractivity contribution in [1.29, 1.82) is 0 Å². The first kappa shape index (κ1) is 27.1. The monoisotopic (exact) mass is 538 g/mol. The van der Waals surface area contributed by atoms with E-state index in [9.17, 15) is 4.79 Å². The van der Waals surface area contributed by atoms with Gasteiger partial charge in [0.05, 0.1) is 12.7 Å². The zero-order valence-electron chi connectivity index (χ0n) is 25.7. The molecule has 7 fully saturated rings. The lowest BCUT2D eigenvalue weighted by molar-refractivity contribution is -0.245. The van der Waals surface area contributed by atoms with Crippen LogP contribution in [0, 0.1) is 56.7 Å². The highest BCUT2D eigenvalue weighted by atomic mass is 16.7. The molecule has 4 heteroatoms. The van der Waals surface area contributed by atoms with Crippen LogP contribution in [0.25, 0.3) is 0 Å². The summed E-state index contributed by atoms with van der Waals surface area (Å²) in [5.74, 6) is 3.41. The van der Waals surface area contributed by atoms with E-state index in [1.165, 1.54) is 69.8 Å². The zero-order chi connectivity index (χ0) is 27.6. The van der Waals surface area contributed by atoms with Crippen LogP contribution >= 0.6 is 0 Å². The van der Waals surface area contributed by atoms with Crippen LogP contribution < -0.4 is 0 Å². The fourth-order valence-electron chi connectivity index (χ4n) is 12.8. The van der Waals surface area contributed by atoms with Gasteiger partial charge in [-0.3, -0.25) is 4.79 Å². The first-order valence-corrected chi connectivity index (χ1v) is 16.5. The minimum absolute atomic E-state index is 0.00158. The number of ether oxygens (including phenoxy) is 3. The van der Waals surface area contributed by atoms with E-state index in [0.717, 1.165) is 19.6 Å². The van der Waals surface area contributed by atoms with Gasteiger partial charge in [0, 0.05) is 17.4 Å². The Balaban J connectivity index is 1.22. The lowest BCUT2D eigenvalue weighted by Gasteiger charge is -2.72. The fraction of sp³-hybridized carbons (Fsp3) is 0.914. The lowest BCUT2D eigenvalue weighted by atomic mass is 9.32. The molecule has 2 heterocycles. The predicted octanol–water partition coefficient (Wildman–Crippen LogP) is 7.74. The molecule has 0 aromatic rings. The molecule has 0 spiro atoms. The molecule has 39 heavy (non-hydrogen) atoms. The molecule has 0 radical (unpaired) electrons. The number of rotatable bonds is 4. The first-order valence-electron chi connectivity index (χ1n) is 16.5. The summed E-state index contributed by atoms with van der Waals surface area (Å²) in [6, 6.07) is 0. The standard InChI is InChI=1S/C35H54O4/c1-21(2)22-13-16-35(20-38-26-10-8-9-19-37-26)18-17-32(5)23(27(22)35)11-12-25-33(32,6)15-14-24-31(3,4)29(36)28-30(39-28)34(24,25)7/h22-28,30H,1,8-20H2,2-7H3/t22-,23+,24-,25-,26?,27+,28-,30-,32+,33+,34-,35+/m0/s1. The molecule has 2 saturated heterocycles. The maximum Gasteiger partial charge on any atom is 0.170 e. The van der Waals surface area contributed by atoms with E-state index < -0.39 is 0 Å². The molecule has 1 unspecified atom stereocenters. The molecule has 0 amide bonds. The first-order chi connectivity index (χ1) is 18.4. The van der Waals surface area contributed by atoms with Crippen LogP contribution in [0.1, 0.15) is 112 Å². The molecular formula is C35H54O4. The van der Waals surface area contributed by atoms with Gasteiger partial charge in [0.15, 0.2) is 12.1 Å². The van der Waals surface area contributed by atoms with Gasteiger partial charge < -0.3 is 14.2 Å². The van der Waals surface area contributed by atoms with Gasteiger partial charge in [0.25, 0.3) is 0 Å². The quantitative estimate of drug-likeness (QED) is 0.271. The van der Waals surface area contributed by atoms with Crippen molar-refractivity contribution in [3.63, 3.8) is 0 Å². The van der Waals surface area contributed by atoms with Crippen molar-refractivity contribution in [3.8, 4) is 0 Å². The summed E-state index contributed by atoms with van der Waals surface area (Å²) in [6.45, 7) is 20.9. The highest BCUT2D eigenvalue weighted by Gasteiger charge is 2.77. The van der Waals surface area contributed by atoms with Crippen molar-refractivity contribution in [2.24, 2.45) is 56.7 Å². The number of hydrogen-bond acceptors (Lipinski definition) is 4. The number of allylic oxidation sites excluding steroid dienone is 1. The average molecular weight is 539 g/mol. The van der Waals surface area contributed by atoms with Crippen LogP contribution in [-0.4, -0.2) is 37.5 Å². The second kappa shape index (κ2) is 8.66. The molecule has 4 nitrogen and oxygen atoms in total. The Kier molecular flexibility index (Phi) is 6.03. The van der Waals surface area contributed by atoms with Crippen molar-refractivity contribution >= 4 is 5.78 Å². The number of ketones is 1. The molecule has 0 aromatic carbocycles. The van der Waals surface area contributed by atoms with Gasteiger partial charge in [0.1, 0.15) is 6.10 Å². The Hall–Kier alpha value is -0.710. The molecule has 0 bridgehead atoms. The molecule has 7 aliphatic rings. The Morgan fingerprint density at radius 3 is 2.44 bits per heavy atom. The highest BCUT2D eigenvalue weighted by molar-refractivity contribution is 5.92. The van der Waals surface area contributed by atoms with E-state index in [1.54, 1.807) is 0 Å². The number of carbonyl (C=O) groups is 1. The summed E-state index contributed by atoms with van der Waals surface area (Å²) in [5, 5.41) is 0. The Morgan fingerprint density at radius 2 is 1.72 bits per heavy atom. The van der Waals surface area contributed by atoms with E-state index in [-0.39, 0.29) is 40.2 Å². The SMILES string of the molecule is C=C(C)[C@@H]1CC[C@]2(COC3CCCCO3)CC[C@]3(C)[C@H](CC[C@@H]4[C@@]5(C)[C@H]6O[C@H]6C(=O)C(C)(C)[C@@H]5CC[C@]43C)[C@@H]12. The number of Topliss-reactive ketones (excluding diaryl/α,β-unsaturated/α-hetero) is 1. The summed E-state index contributed by atoms with van der Waals surface area (Å²) >= 11 is 0. The average Bonchev–Trinajstić information content (AvgIpc) is 3.62. The van der Waals surface area contributed by atoms with Crippen LogP contribution in [0.2, 0.25) is 0 Å². The van der Waals surface area contributed by atoms with Gasteiger partial charge in [-0.05, 0) is 123 Å². The van der Waals surface area contributed by atoms with Crippen LogP contribution in [0.5, 0.6) is 0 Å². The van der Waals surface area contributed by atoms with Gasteiger partial charge >= 0.3 is 0 Å². The van der Waals surface area contributed by atoms with E-state index in [0.29, 0.717) is 40.8 Å². The lowest BCUT2D eigenvalue weighted by Crippen LogP contribution is -2.68. The molecule has 5 saturated carbocycles. The predicted molar refractivity (Wildman–Crippen MR) is 153 cm³/mol. The smallest absolute Gasteiger partial charge is 0.170 e. The van der Waals surface area contributed by atoms with E-state index in [2.05, 4.69) is 48.1 Å². The highest BCUT2D eigenvalue weighted by Crippen LogP contribution is 2.78. The van der Waals surface area contributed by atoms with Crippen molar-refractivity contribution in [1.82, 2.24) is 0 Å². The Bertz CT molecular complexity index is 1040. The van der Waals surface area contributed by atoms with Gasteiger partial charge in [-0.2, -0.15) is 0 Å². The van der Waals surface area contributed by atoms with E-state index in [4.69, 9.17) is 14.2 Å². The molecule has 5 aliphatic carbocycles. The second-order valence-electron chi connectivity index (χ2n) is 16.6. The maximum atomic E-state index is 13.3. The molecule has 12 atom stereocenters. The van der Waals surface area contributed by atoms with Crippen molar-refractivity contribution in [2.75, 3.05) is 13.2 Å². The van der Waals surface area contributed by atoms with E-state index in [1.807, 2.05) is 0 Å². The van der Waals surface area contributed by atoms with Crippen LogP contribution in [0.15, 0.2) is 12.2 Å². The van der Waals surface area contributed by atoms with Gasteiger partial charge in [-0.15, -0.1) is 0 Å². The molecule has 218 valence electrons. The zero-order valence-corrected chi connectivity index (χ0v) is 25.7. The summed E-state index contributed by atoms with van der Waals surface area (Å²) < 4.78 is 19.0. The number of carbonyl (C=O) groups excluding carboxylic acids is 1. The molecule has 0 N–H and O–H groups in total. The third-order valence-corrected chi connectivity index (χ3v) is 15.0. The Morgan fingerprint density at radius 1 is 0.923 bits per heavy atom. The molecular weight excluding hydrogens is 484 g/mol. The summed E-state index contributed by atoms with van der Waals surface area (Å²) in [7, 11) is 0. The van der Waals surface area contributed by atoms with E-state index >= 15 is 0 Å².